The van der Waals surface area contributed by atoms with E-state index in [0.29, 0.717) is 17.4 Å². The van der Waals surface area contributed by atoms with Gasteiger partial charge in [-0.3, -0.25) is 9.89 Å². The highest BCUT2D eigenvalue weighted by molar-refractivity contribution is 6.32. The fourth-order valence-electron chi connectivity index (χ4n) is 3.46. The van der Waals surface area contributed by atoms with Crippen LogP contribution in [-0.4, -0.2) is 16.0 Å². The minimum atomic E-state index is 0.0912. The van der Waals surface area contributed by atoms with Crippen molar-refractivity contribution in [3.05, 3.63) is 81.6 Å². The van der Waals surface area contributed by atoms with Gasteiger partial charge in [0.15, 0.2) is 5.78 Å². The van der Waals surface area contributed by atoms with Gasteiger partial charge in [-0.1, -0.05) is 35.9 Å². The molecule has 1 aliphatic rings. The number of nitrogens with zero attached hydrogens (tertiary/aromatic N) is 1. The molecule has 4 nitrogen and oxygen atoms in total. The Hall–Kier alpha value is -2.59. The molecular weight excluding hydrogens is 360 g/mol. The van der Waals surface area contributed by atoms with Crippen molar-refractivity contribution in [2.75, 3.05) is 0 Å². The zero-order valence-corrected chi connectivity index (χ0v) is 15.8. The Kier molecular flexibility index (Phi) is 5.26. The van der Waals surface area contributed by atoms with Gasteiger partial charge in [-0.15, -0.1) is 0 Å². The molecule has 0 fully saturated rings. The van der Waals surface area contributed by atoms with Crippen molar-refractivity contribution in [2.24, 2.45) is 0 Å². The number of hydrogen-bond donors (Lipinski definition) is 1. The summed E-state index contributed by atoms with van der Waals surface area (Å²) in [5, 5.41) is 7.75. The van der Waals surface area contributed by atoms with Crippen LogP contribution < -0.4 is 4.74 Å². The molecular formula is C22H21ClN2O2. The van der Waals surface area contributed by atoms with Crippen molar-refractivity contribution in [1.29, 1.82) is 0 Å². The van der Waals surface area contributed by atoms with E-state index in [2.05, 4.69) is 22.3 Å². The molecule has 4 rings (SSSR count). The standard InChI is InChI=1S/C22H21ClN2O2/c23-20-7-3-4-8-22(20)27-14-19-12-18(24-25-19)13-21(26)17-10-9-15-5-1-2-6-16(15)11-17/h3-4,7-12H,1-2,5-6,13-14H2,(H,24,25). The van der Waals surface area contributed by atoms with E-state index in [1.165, 1.54) is 24.0 Å². The van der Waals surface area contributed by atoms with Crippen LogP contribution in [0.4, 0.5) is 0 Å². The number of aromatic amines is 1. The molecule has 1 aliphatic carbocycles. The highest BCUT2D eigenvalue weighted by Gasteiger charge is 2.14. The fourth-order valence-corrected chi connectivity index (χ4v) is 3.65. The number of halogens is 1. The molecule has 0 radical (unpaired) electrons. The van der Waals surface area contributed by atoms with Gasteiger partial charge in [0.05, 0.1) is 22.8 Å². The number of fused-ring (bicyclic) bond motifs is 1. The average Bonchev–Trinajstić information content (AvgIpc) is 3.14. The van der Waals surface area contributed by atoms with Crippen LogP contribution in [0.15, 0.2) is 48.5 Å². The first-order chi connectivity index (χ1) is 13.2. The number of H-pyrrole nitrogens is 1. The Morgan fingerprint density at radius 3 is 2.74 bits per heavy atom. The van der Waals surface area contributed by atoms with Crippen LogP contribution in [0.25, 0.3) is 0 Å². The molecule has 0 aliphatic heterocycles. The van der Waals surface area contributed by atoms with Crippen molar-refractivity contribution in [3.63, 3.8) is 0 Å². The monoisotopic (exact) mass is 380 g/mol. The Labute approximate surface area is 163 Å². The third-order valence-corrected chi connectivity index (χ3v) is 5.23. The molecule has 27 heavy (non-hydrogen) atoms. The van der Waals surface area contributed by atoms with Crippen molar-refractivity contribution in [1.82, 2.24) is 10.2 Å². The molecule has 0 amide bonds. The Bertz CT molecular complexity index is 964. The molecule has 1 N–H and O–H groups in total. The van der Waals surface area contributed by atoms with Crippen LogP contribution in [0.3, 0.4) is 0 Å². The molecule has 0 spiro atoms. The number of ether oxygens (including phenoxy) is 1. The van der Waals surface area contributed by atoms with Crippen LogP contribution >= 0.6 is 11.6 Å². The number of ketones is 1. The minimum absolute atomic E-state index is 0.0912. The van der Waals surface area contributed by atoms with E-state index in [9.17, 15) is 4.79 Å². The lowest BCUT2D eigenvalue weighted by atomic mass is 9.89. The lowest BCUT2D eigenvalue weighted by Crippen LogP contribution is -2.08. The van der Waals surface area contributed by atoms with Gasteiger partial charge in [0.25, 0.3) is 0 Å². The normalized spacial score (nSPS) is 13.2. The second kappa shape index (κ2) is 7.97. The lowest BCUT2D eigenvalue weighted by molar-refractivity contribution is 0.0992. The first kappa shape index (κ1) is 17.8. The summed E-state index contributed by atoms with van der Waals surface area (Å²) in [6, 6.07) is 15.3. The summed E-state index contributed by atoms with van der Waals surface area (Å²) in [7, 11) is 0. The van der Waals surface area contributed by atoms with E-state index in [0.717, 1.165) is 29.8 Å². The van der Waals surface area contributed by atoms with E-state index >= 15 is 0 Å². The Balaban J connectivity index is 1.39. The van der Waals surface area contributed by atoms with Gasteiger partial charge in [-0.25, -0.2) is 0 Å². The van der Waals surface area contributed by atoms with Crippen molar-refractivity contribution >= 4 is 17.4 Å². The Morgan fingerprint density at radius 1 is 1.07 bits per heavy atom. The van der Waals surface area contributed by atoms with Crippen LogP contribution in [0.1, 0.15) is 45.7 Å². The third-order valence-electron chi connectivity index (χ3n) is 4.92. The number of benzene rings is 2. The largest absolute Gasteiger partial charge is 0.486 e. The number of rotatable bonds is 6. The molecule has 5 heteroatoms. The first-order valence-corrected chi connectivity index (χ1v) is 9.62. The maximum Gasteiger partial charge on any atom is 0.168 e. The van der Waals surface area contributed by atoms with Gasteiger partial charge >= 0.3 is 0 Å². The zero-order valence-electron chi connectivity index (χ0n) is 15.0. The van der Waals surface area contributed by atoms with E-state index in [1.54, 1.807) is 6.07 Å². The summed E-state index contributed by atoms with van der Waals surface area (Å²) in [5.41, 5.74) is 5.01. The lowest BCUT2D eigenvalue weighted by Gasteiger charge is -2.16. The van der Waals surface area contributed by atoms with Crippen LogP contribution in [0, 0.1) is 0 Å². The van der Waals surface area contributed by atoms with Crippen LogP contribution in [-0.2, 0) is 25.9 Å². The maximum atomic E-state index is 12.6. The second-order valence-electron chi connectivity index (χ2n) is 6.89. The summed E-state index contributed by atoms with van der Waals surface area (Å²) >= 11 is 6.09. The quantitative estimate of drug-likeness (QED) is 0.616. The maximum absolute atomic E-state index is 12.6. The summed E-state index contributed by atoms with van der Waals surface area (Å²) < 4.78 is 5.70. The SMILES string of the molecule is O=C(Cc1cc(COc2ccccc2Cl)[nH]n1)c1ccc2c(c1)CCCC2. The molecule has 0 unspecified atom stereocenters. The number of carbonyl (C=O) groups excluding carboxylic acids is 1. The highest BCUT2D eigenvalue weighted by atomic mass is 35.5. The predicted molar refractivity (Wildman–Crippen MR) is 105 cm³/mol. The van der Waals surface area contributed by atoms with Gasteiger partial charge < -0.3 is 4.74 Å². The molecule has 0 saturated carbocycles. The molecule has 1 aromatic heterocycles. The third kappa shape index (κ3) is 4.22. The number of aryl methyl sites for hydroxylation is 2. The topological polar surface area (TPSA) is 55.0 Å². The van der Waals surface area contributed by atoms with E-state index < -0.39 is 0 Å². The molecule has 1 heterocycles. The summed E-state index contributed by atoms with van der Waals surface area (Å²) in [6.45, 7) is 0.323. The van der Waals surface area contributed by atoms with Crippen molar-refractivity contribution in [2.45, 2.75) is 38.7 Å². The van der Waals surface area contributed by atoms with Crippen LogP contribution in [0.2, 0.25) is 5.02 Å². The zero-order chi connectivity index (χ0) is 18.6. The molecule has 0 bridgehead atoms. The van der Waals surface area contributed by atoms with E-state index in [1.807, 2.05) is 30.3 Å². The van der Waals surface area contributed by atoms with E-state index in [-0.39, 0.29) is 12.2 Å². The predicted octanol–water partition coefficient (Wildman–Crippen LogP) is 4.95. The molecule has 0 atom stereocenters. The molecule has 138 valence electrons. The average molecular weight is 381 g/mol. The molecule has 3 aromatic rings. The summed E-state index contributed by atoms with van der Waals surface area (Å²) in [6.07, 6.45) is 4.92. The first-order valence-electron chi connectivity index (χ1n) is 9.24. The second-order valence-corrected chi connectivity index (χ2v) is 7.30. The smallest absolute Gasteiger partial charge is 0.168 e. The molecule has 0 saturated heterocycles. The van der Waals surface area contributed by atoms with Gasteiger partial charge in [0.1, 0.15) is 12.4 Å². The van der Waals surface area contributed by atoms with Crippen molar-refractivity contribution in [3.8, 4) is 5.75 Å². The van der Waals surface area contributed by atoms with Crippen molar-refractivity contribution < 1.29 is 9.53 Å². The van der Waals surface area contributed by atoms with Crippen LogP contribution in [0.5, 0.6) is 5.75 Å². The Morgan fingerprint density at radius 2 is 1.89 bits per heavy atom. The number of carbonyl (C=O) groups is 1. The van der Waals surface area contributed by atoms with Gasteiger partial charge in [-0.05, 0) is 61.1 Å². The van der Waals surface area contributed by atoms with E-state index in [4.69, 9.17) is 16.3 Å². The highest BCUT2D eigenvalue weighted by Crippen LogP contribution is 2.24. The number of Topliss-reactive ketones (excluding diaryl/α,β-unsaturated/α-hetero) is 1. The number of para-hydroxylation sites is 1. The summed E-state index contributed by atoms with van der Waals surface area (Å²) in [5.74, 6) is 0.717. The van der Waals surface area contributed by atoms with Gasteiger partial charge in [0.2, 0.25) is 0 Å². The fraction of sp³-hybridized carbons (Fsp3) is 0.273. The number of hydrogen-bond acceptors (Lipinski definition) is 3. The van der Waals surface area contributed by atoms with Gasteiger partial charge in [-0.2, -0.15) is 5.10 Å². The minimum Gasteiger partial charge on any atom is -0.486 e. The molecule has 2 aromatic carbocycles. The number of aromatic nitrogens is 2. The number of nitrogens with one attached hydrogen (secondary N) is 1. The van der Waals surface area contributed by atoms with Gasteiger partial charge in [0, 0.05) is 5.56 Å². The summed E-state index contributed by atoms with van der Waals surface area (Å²) in [4.78, 5) is 12.6.